The number of rotatable bonds is 6. The fourth-order valence-electron chi connectivity index (χ4n) is 7.46. The van der Waals surface area contributed by atoms with E-state index in [0.29, 0.717) is 48.0 Å². The summed E-state index contributed by atoms with van der Waals surface area (Å²) < 4.78 is 39.2. The molecule has 228 valence electrons. The molecule has 0 spiro atoms. The van der Waals surface area contributed by atoms with Crippen molar-refractivity contribution in [1.82, 2.24) is 19.8 Å². The highest BCUT2D eigenvalue weighted by molar-refractivity contribution is 6.36. The van der Waals surface area contributed by atoms with Gasteiger partial charge in [0, 0.05) is 41.5 Å². The van der Waals surface area contributed by atoms with Crippen LogP contribution < -0.4 is 9.64 Å². The van der Waals surface area contributed by atoms with E-state index in [1.54, 1.807) is 23.1 Å². The number of piperazine rings is 1. The monoisotopic (exact) mass is 617 g/mol. The molecule has 3 aliphatic rings. The Bertz CT molecular complexity index is 1780. The second-order valence-electron chi connectivity index (χ2n) is 12.2. The minimum Gasteiger partial charge on any atom is -0.461 e. The summed E-state index contributed by atoms with van der Waals surface area (Å²) in [7, 11) is 0. The first-order valence-electron chi connectivity index (χ1n) is 15.2. The maximum atomic E-state index is 16.7. The van der Waals surface area contributed by atoms with Gasteiger partial charge in [-0.2, -0.15) is 9.97 Å². The van der Waals surface area contributed by atoms with E-state index in [1.165, 1.54) is 12.1 Å². The van der Waals surface area contributed by atoms with Crippen LogP contribution in [0, 0.1) is 11.6 Å². The van der Waals surface area contributed by atoms with Crippen LogP contribution in [0.3, 0.4) is 0 Å². The van der Waals surface area contributed by atoms with Gasteiger partial charge >= 0.3 is 6.01 Å². The van der Waals surface area contributed by atoms with Crippen molar-refractivity contribution in [3.63, 3.8) is 0 Å². The lowest BCUT2D eigenvalue weighted by molar-refractivity contribution is -0.126. The molecular formula is C34H34ClF2N5O2. The quantitative estimate of drug-likeness (QED) is 0.227. The molecule has 1 aromatic heterocycles. The average molecular weight is 618 g/mol. The highest BCUT2D eigenvalue weighted by Gasteiger charge is 2.45. The molecule has 3 fully saturated rings. The molecule has 0 saturated carbocycles. The fraction of sp³-hybridized carbons (Fsp3) is 0.382. The number of carbonyl (C=O) groups is 1. The molecule has 4 heterocycles. The third-order valence-corrected chi connectivity index (χ3v) is 9.95. The Morgan fingerprint density at radius 2 is 1.86 bits per heavy atom. The van der Waals surface area contributed by atoms with E-state index >= 15 is 8.78 Å². The molecule has 7 rings (SSSR count). The number of anilines is 1. The van der Waals surface area contributed by atoms with Crippen molar-refractivity contribution < 1.29 is 18.3 Å². The minimum absolute atomic E-state index is 0.0190. The van der Waals surface area contributed by atoms with Crippen LogP contribution in [-0.4, -0.2) is 76.6 Å². The summed E-state index contributed by atoms with van der Waals surface area (Å²) >= 11 is 6.56. The second-order valence-corrected chi connectivity index (χ2v) is 12.6. The Labute approximate surface area is 260 Å². The van der Waals surface area contributed by atoms with Gasteiger partial charge < -0.3 is 14.5 Å². The number of fused-ring (bicyclic) bond motifs is 3. The van der Waals surface area contributed by atoms with E-state index in [1.807, 2.05) is 30.0 Å². The van der Waals surface area contributed by atoms with Crippen LogP contribution in [0.1, 0.15) is 32.6 Å². The molecule has 3 aliphatic heterocycles. The third kappa shape index (κ3) is 4.77. The predicted molar refractivity (Wildman–Crippen MR) is 169 cm³/mol. The number of ether oxygens (including phenoxy) is 1. The Hall–Kier alpha value is -3.82. The molecule has 10 heteroatoms. The number of aromatic nitrogens is 2. The summed E-state index contributed by atoms with van der Waals surface area (Å²) in [6, 6.07) is 11.9. The average Bonchev–Trinajstić information content (AvgIpc) is 3.60. The van der Waals surface area contributed by atoms with Gasteiger partial charge in [0.05, 0.1) is 11.1 Å². The SMILES string of the molecule is C=CC(=O)N1CCN(c2nc(OCC34CCCN3CCC4)nc3c(F)c(-c4cccc5cccc(Cl)c45)c(F)cc23)[C@@H](C)C1. The van der Waals surface area contributed by atoms with Crippen molar-refractivity contribution in [3.8, 4) is 17.1 Å². The maximum Gasteiger partial charge on any atom is 0.319 e. The Kier molecular flexibility index (Phi) is 7.41. The van der Waals surface area contributed by atoms with Gasteiger partial charge in [0.1, 0.15) is 23.8 Å². The van der Waals surface area contributed by atoms with Gasteiger partial charge in [0.15, 0.2) is 5.82 Å². The lowest BCUT2D eigenvalue weighted by atomic mass is 9.95. The third-order valence-electron chi connectivity index (χ3n) is 9.63. The highest BCUT2D eigenvalue weighted by Crippen LogP contribution is 2.42. The van der Waals surface area contributed by atoms with Gasteiger partial charge in [0.25, 0.3) is 0 Å². The molecule has 3 aromatic carbocycles. The van der Waals surface area contributed by atoms with Gasteiger partial charge in [-0.1, -0.05) is 48.5 Å². The first-order chi connectivity index (χ1) is 21.3. The summed E-state index contributed by atoms with van der Waals surface area (Å²) in [6.45, 7) is 9.33. The van der Waals surface area contributed by atoms with Crippen molar-refractivity contribution in [2.75, 3.05) is 44.2 Å². The maximum absolute atomic E-state index is 16.7. The number of hydrogen-bond donors (Lipinski definition) is 0. The summed E-state index contributed by atoms with van der Waals surface area (Å²) in [5, 5.41) is 2.00. The molecule has 4 aromatic rings. The molecule has 0 unspecified atom stereocenters. The minimum atomic E-state index is -0.796. The van der Waals surface area contributed by atoms with E-state index in [4.69, 9.17) is 21.3 Å². The molecule has 0 aliphatic carbocycles. The molecule has 3 saturated heterocycles. The van der Waals surface area contributed by atoms with Crippen LogP contribution in [0.4, 0.5) is 14.6 Å². The van der Waals surface area contributed by atoms with Crippen LogP contribution in [0.25, 0.3) is 32.8 Å². The number of benzene rings is 3. The molecule has 0 radical (unpaired) electrons. The topological polar surface area (TPSA) is 61.8 Å². The lowest BCUT2D eigenvalue weighted by Crippen LogP contribution is -2.53. The molecule has 1 amide bonds. The largest absolute Gasteiger partial charge is 0.461 e. The first-order valence-corrected chi connectivity index (χ1v) is 15.6. The van der Waals surface area contributed by atoms with Gasteiger partial charge in [-0.25, -0.2) is 8.78 Å². The summed E-state index contributed by atoms with van der Waals surface area (Å²) in [5.41, 5.74) is 0.0744. The fourth-order valence-corrected chi connectivity index (χ4v) is 7.74. The zero-order valence-electron chi connectivity index (χ0n) is 24.7. The smallest absolute Gasteiger partial charge is 0.319 e. The number of halogens is 3. The van der Waals surface area contributed by atoms with Crippen molar-refractivity contribution in [2.24, 2.45) is 0 Å². The summed E-state index contributed by atoms with van der Waals surface area (Å²) in [6.07, 6.45) is 5.60. The van der Waals surface area contributed by atoms with E-state index in [0.717, 1.165) is 44.2 Å². The Balaban J connectivity index is 1.36. The second kappa shape index (κ2) is 11.3. The van der Waals surface area contributed by atoms with E-state index < -0.39 is 11.6 Å². The predicted octanol–water partition coefficient (Wildman–Crippen LogP) is 6.61. The van der Waals surface area contributed by atoms with Crippen molar-refractivity contribution in [3.05, 3.63) is 71.8 Å². The summed E-state index contributed by atoms with van der Waals surface area (Å²) in [5.74, 6) is -1.30. The Morgan fingerprint density at radius 3 is 2.59 bits per heavy atom. The van der Waals surface area contributed by atoms with Crippen LogP contribution in [-0.2, 0) is 4.79 Å². The van der Waals surface area contributed by atoms with E-state index in [9.17, 15) is 4.79 Å². The standard InChI is InChI=1S/C34H34ClF2N5O2/c1-3-27(43)40-16-17-42(21(2)19-40)32-24-18-26(36)29(23-10-4-8-22-9-5-11-25(35)28(22)23)30(37)31(24)38-33(39-32)44-20-34-12-6-14-41(34)15-7-13-34/h3-5,8-11,18,21H,1,6-7,12-17,19-20H2,2H3/t21-/m0/s1. The molecule has 0 bridgehead atoms. The van der Waals surface area contributed by atoms with Gasteiger partial charge in [-0.05, 0) is 74.9 Å². The molecule has 1 atom stereocenters. The van der Waals surface area contributed by atoms with Crippen LogP contribution in [0.2, 0.25) is 5.02 Å². The van der Waals surface area contributed by atoms with Crippen molar-refractivity contribution in [1.29, 1.82) is 0 Å². The molecule has 7 nitrogen and oxygen atoms in total. The summed E-state index contributed by atoms with van der Waals surface area (Å²) in [4.78, 5) is 27.9. The van der Waals surface area contributed by atoms with Crippen LogP contribution in [0.5, 0.6) is 6.01 Å². The number of hydrogen-bond acceptors (Lipinski definition) is 6. The normalized spacial score (nSPS) is 20.0. The highest BCUT2D eigenvalue weighted by atomic mass is 35.5. The van der Waals surface area contributed by atoms with E-state index in [-0.39, 0.29) is 40.0 Å². The first kappa shape index (κ1) is 28.9. The van der Waals surface area contributed by atoms with Gasteiger partial charge in [-0.15, -0.1) is 0 Å². The van der Waals surface area contributed by atoms with Gasteiger partial charge in [0.2, 0.25) is 5.91 Å². The molecule has 44 heavy (non-hydrogen) atoms. The van der Waals surface area contributed by atoms with E-state index in [2.05, 4.69) is 16.5 Å². The van der Waals surface area contributed by atoms with Crippen molar-refractivity contribution >= 4 is 45.0 Å². The Morgan fingerprint density at radius 1 is 1.11 bits per heavy atom. The zero-order valence-corrected chi connectivity index (χ0v) is 25.4. The number of amides is 1. The van der Waals surface area contributed by atoms with Gasteiger partial charge in [-0.3, -0.25) is 9.69 Å². The number of carbonyl (C=O) groups excluding carboxylic acids is 1. The van der Waals surface area contributed by atoms with Crippen molar-refractivity contribution in [2.45, 2.75) is 44.2 Å². The number of nitrogens with zero attached hydrogens (tertiary/aromatic N) is 5. The lowest BCUT2D eigenvalue weighted by Gasteiger charge is -2.40. The molecular weight excluding hydrogens is 584 g/mol. The van der Waals surface area contributed by atoms with Crippen LogP contribution in [0.15, 0.2) is 55.1 Å². The van der Waals surface area contributed by atoms with Crippen LogP contribution >= 0.6 is 11.6 Å². The molecule has 0 N–H and O–H groups in total. The zero-order chi connectivity index (χ0) is 30.6.